The molecule has 0 amide bonds. The first-order valence-corrected chi connectivity index (χ1v) is 28.5. The lowest BCUT2D eigenvalue weighted by Gasteiger charge is -2.18. The summed E-state index contributed by atoms with van der Waals surface area (Å²) in [6.45, 7) is -0.0963. The minimum atomic E-state index is -4.83. The molecule has 0 aliphatic rings. The first kappa shape index (κ1) is 69.4. The second-order valence-electron chi connectivity index (χ2n) is 16.1. The number of phosphoric ester groups is 2. The number of ether oxygens (including phenoxy) is 2. The van der Waals surface area contributed by atoms with E-state index < -0.39 is 85.5 Å². The van der Waals surface area contributed by atoms with E-state index in [9.17, 15) is 43.8 Å². The monoisotopic (exact) mass is 1070 g/mol. The Morgan fingerprint density at radius 3 is 0.703 bits per heavy atom. The molecule has 0 aromatic carbocycles. The molecule has 0 rings (SSSR count). The molecule has 74 heavy (non-hydrogen) atoms. The third-order valence-corrected chi connectivity index (χ3v) is 11.1. The average Bonchev–Trinajstić information content (AvgIpc) is 3.38. The highest BCUT2D eigenvalue weighted by Gasteiger charge is 2.28. The Kier molecular flexibility index (Phi) is 47.4. The highest BCUT2D eigenvalue weighted by atomic mass is 31.2. The van der Waals surface area contributed by atoms with Gasteiger partial charge in [0.05, 0.1) is 39.3 Å². The predicted octanol–water partition coefficient (Wildman–Crippen LogP) is 12.5. The van der Waals surface area contributed by atoms with Crippen molar-refractivity contribution in [1.82, 2.24) is 0 Å². The number of aliphatic hydroxyl groups is 3. The first-order chi connectivity index (χ1) is 35.8. The molecule has 0 saturated heterocycles. The van der Waals surface area contributed by atoms with E-state index in [4.69, 9.17) is 9.47 Å². The van der Waals surface area contributed by atoms with E-state index in [2.05, 4.69) is 153 Å². The summed E-state index contributed by atoms with van der Waals surface area (Å²) < 4.78 is 52.8. The summed E-state index contributed by atoms with van der Waals surface area (Å²) >= 11 is 0. The standard InChI is InChI=1S/C57H86O15P2/c1-3-5-7-9-11-13-15-17-19-21-23-25-27-29-31-33-35-37-39-41-43-45-56(61)67-47-53(58)49-69-73(63,64)71-51-55(60)52-72-74(65,66)70-50-54(59)48-68-57(62)46-44-42-40-38-36-34-32-30-28-26-24-22-20-18-16-14-12-10-8-6-4-2/h5-8,11-14,17-20,23-26,29-32,35-38,41-44,53-55,58-60H,3-4,9-10,15-16,21-22,27-28,33-34,39-40,45-52H2,1-2H3,(H,63,64)(H,65,66)/b7-5-,8-6-,13-11-,14-12-,19-17-,20-18-,25-23-,26-24-,31-29-,32-30-,37-35-,38-36-,43-41-,44-42-. The second kappa shape index (κ2) is 50.6. The van der Waals surface area contributed by atoms with Crippen molar-refractivity contribution < 1.29 is 71.4 Å². The molecule has 4 atom stereocenters. The maximum atomic E-state index is 12.2. The van der Waals surface area contributed by atoms with Crippen LogP contribution in [0.5, 0.6) is 0 Å². The first-order valence-electron chi connectivity index (χ1n) is 25.5. The Morgan fingerprint density at radius 1 is 0.324 bits per heavy atom. The summed E-state index contributed by atoms with van der Waals surface area (Å²) in [5.74, 6) is -1.27. The van der Waals surface area contributed by atoms with Crippen LogP contribution in [-0.4, -0.2) is 95.0 Å². The zero-order valence-corrected chi connectivity index (χ0v) is 45.5. The van der Waals surface area contributed by atoms with E-state index in [0.29, 0.717) is 12.8 Å². The summed E-state index contributed by atoms with van der Waals surface area (Å²) in [5.41, 5.74) is 0. The van der Waals surface area contributed by atoms with Gasteiger partial charge >= 0.3 is 27.6 Å². The fourth-order valence-corrected chi connectivity index (χ4v) is 6.97. The van der Waals surface area contributed by atoms with Gasteiger partial charge in [0.2, 0.25) is 0 Å². The van der Waals surface area contributed by atoms with Crippen LogP contribution in [0.2, 0.25) is 0 Å². The van der Waals surface area contributed by atoms with Gasteiger partial charge in [0.25, 0.3) is 0 Å². The van der Waals surface area contributed by atoms with E-state index in [1.165, 1.54) is 0 Å². The van der Waals surface area contributed by atoms with E-state index in [1.807, 2.05) is 24.3 Å². The highest BCUT2D eigenvalue weighted by molar-refractivity contribution is 7.47. The van der Waals surface area contributed by atoms with Gasteiger partial charge in [-0.15, -0.1) is 0 Å². The van der Waals surface area contributed by atoms with E-state index in [1.54, 1.807) is 24.3 Å². The summed E-state index contributed by atoms with van der Waals surface area (Å²) in [5, 5.41) is 30.0. The smallest absolute Gasteiger partial charge is 0.463 e. The number of rotatable bonds is 46. The lowest BCUT2D eigenvalue weighted by molar-refractivity contribution is -0.147. The fraction of sp³-hybridized carbons (Fsp3) is 0.474. The van der Waals surface area contributed by atoms with Crippen molar-refractivity contribution in [2.75, 3.05) is 39.6 Å². The van der Waals surface area contributed by atoms with Gasteiger partial charge in [-0.1, -0.05) is 184 Å². The molecule has 0 spiro atoms. The molecule has 0 heterocycles. The minimum Gasteiger partial charge on any atom is -0.463 e. The van der Waals surface area contributed by atoms with Crippen molar-refractivity contribution in [1.29, 1.82) is 0 Å². The maximum absolute atomic E-state index is 12.2. The zero-order valence-electron chi connectivity index (χ0n) is 43.7. The third-order valence-electron chi connectivity index (χ3n) is 9.23. The number of aliphatic hydroxyl groups excluding tert-OH is 3. The van der Waals surface area contributed by atoms with E-state index in [0.717, 1.165) is 77.0 Å². The molecular formula is C57H86O15P2. The predicted molar refractivity (Wildman–Crippen MR) is 297 cm³/mol. The zero-order chi connectivity index (χ0) is 54.5. The summed E-state index contributed by atoms with van der Waals surface area (Å²) in [6.07, 6.45) is 65.3. The van der Waals surface area contributed by atoms with Crippen LogP contribution in [0.4, 0.5) is 0 Å². The van der Waals surface area contributed by atoms with Crippen molar-refractivity contribution in [2.45, 2.75) is 135 Å². The molecule has 414 valence electrons. The molecule has 0 bridgehead atoms. The van der Waals surface area contributed by atoms with Crippen LogP contribution in [-0.2, 0) is 46.3 Å². The Bertz CT molecular complexity index is 1830. The third kappa shape index (κ3) is 52.3. The van der Waals surface area contributed by atoms with Crippen LogP contribution >= 0.6 is 15.6 Å². The largest absolute Gasteiger partial charge is 0.472 e. The number of carbonyl (C=O) groups is 2. The molecule has 0 aliphatic carbocycles. The van der Waals surface area contributed by atoms with Crippen LogP contribution in [0, 0.1) is 0 Å². The molecule has 17 heteroatoms. The summed E-state index contributed by atoms with van der Waals surface area (Å²) in [4.78, 5) is 43.7. The number of allylic oxidation sites excluding steroid dienone is 26. The van der Waals surface area contributed by atoms with Crippen molar-refractivity contribution in [3.05, 3.63) is 170 Å². The molecular weight excluding hydrogens is 987 g/mol. The van der Waals surface area contributed by atoms with Gasteiger partial charge in [-0.2, -0.15) is 0 Å². The number of phosphoric acid groups is 2. The molecule has 0 aliphatic heterocycles. The van der Waals surface area contributed by atoms with Gasteiger partial charge in [-0.05, 0) is 89.9 Å². The summed E-state index contributed by atoms with van der Waals surface area (Å²) in [7, 11) is -9.66. The molecule has 0 aromatic rings. The molecule has 5 N–H and O–H groups in total. The molecule has 15 nitrogen and oxygen atoms in total. The highest BCUT2D eigenvalue weighted by Crippen LogP contribution is 2.45. The SMILES string of the molecule is CC/C=C\C/C=C\C/C=C\C/C=C\C/C=C\C/C=C\C/C=C\CC(=O)OCC(O)COP(=O)(O)OCC(O)COP(=O)(O)OCC(O)COC(=O)C/C=C\C/C=C\C/C=C\C/C=C\C/C=C\C/C=C\C/C=C\CC. The minimum absolute atomic E-state index is 0.0503. The topological polar surface area (TPSA) is 225 Å². The van der Waals surface area contributed by atoms with Crippen molar-refractivity contribution >= 4 is 27.6 Å². The van der Waals surface area contributed by atoms with Crippen LogP contribution < -0.4 is 0 Å². The molecule has 0 fully saturated rings. The summed E-state index contributed by atoms with van der Waals surface area (Å²) in [6, 6.07) is 0. The van der Waals surface area contributed by atoms with Crippen molar-refractivity contribution in [2.24, 2.45) is 0 Å². The van der Waals surface area contributed by atoms with E-state index in [-0.39, 0.29) is 12.8 Å². The van der Waals surface area contributed by atoms with Crippen LogP contribution in [0.15, 0.2) is 170 Å². The lowest BCUT2D eigenvalue weighted by Crippen LogP contribution is -2.25. The van der Waals surface area contributed by atoms with E-state index >= 15 is 0 Å². The Labute approximate surface area is 442 Å². The van der Waals surface area contributed by atoms with Crippen molar-refractivity contribution in [3.8, 4) is 0 Å². The Morgan fingerprint density at radius 2 is 0.500 bits per heavy atom. The number of esters is 2. The van der Waals surface area contributed by atoms with Crippen molar-refractivity contribution in [3.63, 3.8) is 0 Å². The normalized spacial score (nSPS) is 16.1. The molecule has 0 radical (unpaired) electrons. The molecule has 0 saturated carbocycles. The van der Waals surface area contributed by atoms with Crippen LogP contribution in [0.3, 0.4) is 0 Å². The van der Waals surface area contributed by atoms with Crippen LogP contribution in [0.1, 0.15) is 117 Å². The van der Waals surface area contributed by atoms with Gasteiger partial charge in [-0.25, -0.2) is 9.13 Å². The van der Waals surface area contributed by atoms with Gasteiger partial charge < -0.3 is 34.6 Å². The fourth-order valence-electron chi connectivity index (χ4n) is 5.38. The number of hydrogen-bond acceptors (Lipinski definition) is 13. The van der Waals surface area contributed by atoms with Gasteiger partial charge in [-0.3, -0.25) is 27.7 Å². The molecule has 0 aromatic heterocycles. The second-order valence-corrected chi connectivity index (χ2v) is 19.0. The number of carbonyl (C=O) groups excluding carboxylic acids is 2. The quantitative estimate of drug-likeness (QED) is 0.0217. The van der Waals surface area contributed by atoms with Crippen LogP contribution in [0.25, 0.3) is 0 Å². The number of hydrogen-bond donors (Lipinski definition) is 5. The van der Waals surface area contributed by atoms with Gasteiger partial charge in [0, 0.05) is 0 Å². The molecule has 4 unspecified atom stereocenters. The Hall–Kier alpha value is -4.60. The average molecular weight is 1070 g/mol. The Balaban J connectivity index is 4.08. The van der Waals surface area contributed by atoms with Gasteiger partial charge in [0.15, 0.2) is 0 Å². The lowest BCUT2D eigenvalue weighted by atomic mass is 10.2. The maximum Gasteiger partial charge on any atom is 0.472 e. The van der Waals surface area contributed by atoms with Gasteiger partial charge in [0.1, 0.15) is 31.5 Å².